The highest BCUT2D eigenvalue weighted by Gasteiger charge is 2.46. The summed E-state index contributed by atoms with van der Waals surface area (Å²) in [4.78, 5) is 54.9. The van der Waals surface area contributed by atoms with Crippen LogP contribution in [0, 0.1) is 25.2 Å². The molecule has 7 rings (SSSR count). The first-order valence-corrected chi connectivity index (χ1v) is 22.9. The summed E-state index contributed by atoms with van der Waals surface area (Å²) in [7, 11) is 3.16. The van der Waals surface area contributed by atoms with E-state index in [2.05, 4.69) is 9.97 Å². The first kappa shape index (κ1) is 46.5. The molecule has 20 heteroatoms. The van der Waals surface area contributed by atoms with Crippen LogP contribution >= 0.6 is 6.72 Å². The third-order valence-corrected chi connectivity index (χ3v) is 13.4. The summed E-state index contributed by atoms with van der Waals surface area (Å²) in [6, 6.07) is 26.5. The van der Waals surface area contributed by atoms with Crippen molar-refractivity contribution in [3.63, 3.8) is 0 Å². The number of nitrogens with zero attached hydrogens (tertiary/aromatic N) is 3. The van der Waals surface area contributed by atoms with Gasteiger partial charge >= 0.3 is 18.1 Å². The number of aliphatic hydroxyl groups excluding tert-OH is 1. The highest BCUT2D eigenvalue weighted by molar-refractivity contribution is 8.07. The molecule has 0 aliphatic carbocycles. The third-order valence-electron chi connectivity index (χ3n) is 11.1. The molecule has 2 fully saturated rings. The molecule has 2 aliphatic heterocycles. The number of nitrogens with one attached hydrogen (secondary N) is 2. The first-order valence-electron chi connectivity index (χ1n) is 20.3. The summed E-state index contributed by atoms with van der Waals surface area (Å²) < 4.78 is 52.1. The van der Waals surface area contributed by atoms with Gasteiger partial charge in [-0.1, -0.05) is 54.6 Å². The maximum atomic E-state index is 13.3. The predicted octanol–water partition coefficient (Wildman–Crippen LogP) is 4.22. The lowest BCUT2D eigenvalue weighted by molar-refractivity contribution is -0.0942. The van der Waals surface area contributed by atoms with Crippen molar-refractivity contribution >= 4 is 18.5 Å². The van der Waals surface area contributed by atoms with Gasteiger partial charge in [0.25, 0.3) is 11.1 Å². The van der Waals surface area contributed by atoms with Crippen molar-refractivity contribution in [3.05, 3.63) is 161 Å². The van der Waals surface area contributed by atoms with Gasteiger partial charge in [-0.15, -0.1) is 0 Å². The molecule has 2 aromatic heterocycles. The van der Waals surface area contributed by atoms with Crippen LogP contribution in [0.1, 0.15) is 59.5 Å². The minimum Gasteiger partial charge on any atom is -0.497 e. The maximum absolute atomic E-state index is 13.3. The quantitative estimate of drug-likeness (QED) is 0.0635. The van der Waals surface area contributed by atoms with Crippen LogP contribution in [0.15, 0.2) is 110 Å². The van der Waals surface area contributed by atoms with E-state index in [9.17, 15) is 29.5 Å². The zero-order valence-electron chi connectivity index (χ0n) is 35.4. The molecule has 0 bridgehead atoms. The minimum atomic E-state index is -3.87. The number of methoxy groups -OCH3 is 2. The monoisotopic (exact) mass is 917 g/mol. The van der Waals surface area contributed by atoms with E-state index in [0.717, 1.165) is 16.7 Å². The molecule has 0 amide bonds. The molecule has 2 saturated heterocycles. The van der Waals surface area contributed by atoms with Crippen molar-refractivity contribution in [2.75, 3.05) is 34.0 Å². The second kappa shape index (κ2) is 20.1. The average Bonchev–Trinajstić information content (AvgIpc) is 3.88. The van der Waals surface area contributed by atoms with E-state index in [-0.39, 0.29) is 50.2 Å². The minimum absolute atomic E-state index is 0.00507. The third kappa shape index (κ3) is 10.1. The number of hydrogen-bond acceptors (Lipinski definition) is 15. The van der Waals surface area contributed by atoms with Crippen LogP contribution in [0.5, 0.6) is 11.5 Å². The van der Waals surface area contributed by atoms with Gasteiger partial charge in [0.15, 0.2) is 0 Å². The van der Waals surface area contributed by atoms with Crippen LogP contribution in [0.3, 0.4) is 0 Å². The average molecular weight is 918 g/mol. The Morgan fingerprint density at radius 1 is 0.766 bits per heavy atom. The number of hydrogen-bond donors (Lipinski definition) is 3. The molecule has 64 heavy (non-hydrogen) atoms. The molecule has 3 aromatic carbocycles. The van der Waals surface area contributed by atoms with Gasteiger partial charge in [-0.25, -0.2) is 9.59 Å². The van der Waals surface area contributed by atoms with Gasteiger partial charge < -0.3 is 42.4 Å². The number of benzene rings is 3. The number of H-pyrrole nitrogens is 2. The molecule has 0 saturated carbocycles. The molecular formula is C44H48N5O13PS. The summed E-state index contributed by atoms with van der Waals surface area (Å²) in [5.41, 5.74) is -1.00. The van der Waals surface area contributed by atoms with Gasteiger partial charge in [0.2, 0.25) is 0 Å². The Morgan fingerprint density at radius 3 is 1.81 bits per heavy atom. The van der Waals surface area contributed by atoms with E-state index in [1.807, 2.05) is 84.9 Å². The molecule has 1 unspecified atom stereocenters. The molecular weight excluding hydrogens is 870 g/mol. The van der Waals surface area contributed by atoms with Crippen LogP contribution in [0.2, 0.25) is 0 Å². The second-order valence-electron chi connectivity index (χ2n) is 15.2. The lowest BCUT2D eigenvalue weighted by Gasteiger charge is -2.37. The number of nitriles is 1. The Bertz CT molecular complexity index is 2690. The second-order valence-corrected chi connectivity index (χ2v) is 18.2. The highest BCUT2D eigenvalue weighted by Crippen LogP contribution is 2.54. The van der Waals surface area contributed by atoms with Crippen molar-refractivity contribution in [1.29, 1.82) is 5.26 Å². The molecule has 5 aromatic rings. The van der Waals surface area contributed by atoms with E-state index in [0.29, 0.717) is 11.5 Å². The normalized spacial score (nSPS) is 21.9. The maximum Gasteiger partial charge on any atom is 0.330 e. The fourth-order valence-electron chi connectivity index (χ4n) is 7.68. The van der Waals surface area contributed by atoms with E-state index in [4.69, 9.17) is 49.1 Å². The lowest BCUT2D eigenvalue weighted by Crippen LogP contribution is -2.38. The molecule has 7 atom stereocenters. The van der Waals surface area contributed by atoms with E-state index < -0.39 is 71.7 Å². The Kier molecular flexibility index (Phi) is 14.6. The molecule has 338 valence electrons. The molecule has 18 nitrogen and oxygen atoms in total. The van der Waals surface area contributed by atoms with Gasteiger partial charge in [-0.3, -0.25) is 28.7 Å². The Labute approximate surface area is 372 Å². The lowest BCUT2D eigenvalue weighted by atomic mass is 9.80. The Hall–Kier alpha value is -5.52. The standard InChI is InChI=1S/C44H48N5O13PS/c1-27-23-48(42(53)46-40(27)51)38-21-34(50)36(60-38)26-59-63(64,58-20-8-19-45)62-35-22-39(49-24-28(2)41(52)47-43(49)54)61-37(35)25-57-44(29-9-6-5-7-10-29,30-11-15-32(55-3)16-12-30)31-13-17-33(56-4)18-14-31/h5-7,9-18,23-24,34-39,50H,8,20-22,25-26H2,1-4H3,(H,46,51,53)(H,47,52,54)/t34-,35-,36+,37+,38+,39+,63?/m0/s1. The number of aliphatic hydroxyl groups is 1. The van der Waals surface area contributed by atoms with Crippen LogP contribution < -0.4 is 32.0 Å². The number of aromatic nitrogens is 4. The largest absolute Gasteiger partial charge is 0.497 e. The Balaban J connectivity index is 1.23. The van der Waals surface area contributed by atoms with Crippen molar-refractivity contribution in [2.24, 2.45) is 0 Å². The summed E-state index contributed by atoms with van der Waals surface area (Å²) in [5, 5.41) is 20.4. The molecule has 0 radical (unpaired) electrons. The molecule has 0 spiro atoms. The van der Waals surface area contributed by atoms with E-state index >= 15 is 0 Å². The van der Waals surface area contributed by atoms with Gasteiger partial charge in [0.05, 0.1) is 58.7 Å². The zero-order chi connectivity index (χ0) is 45.6. The molecule has 2 aliphatic rings. The van der Waals surface area contributed by atoms with Crippen LogP contribution in [0.25, 0.3) is 0 Å². The Morgan fingerprint density at radius 2 is 1.28 bits per heavy atom. The van der Waals surface area contributed by atoms with Gasteiger partial charge in [0.1, 0.15) is 41.8 Å². The summed E-state index contributed by atoms with van der Waals surface area (Å²) in [6.45, 7) is -1.45. The van der Waals surface area contributed by atoms with Crippen LogP contribution in [0.4, 0.5) is 0 Å². The highest BCUT2D eigenvalue weighted by atomic mass is 32.5. The summed E-state index contributed by atoms with van der Waals surface area (Å²) >= 11 is 5.97. The first-order chi connectivity index (χ1) is 30.8. The fraction of sp³-hybridized carbons (Fsp3) is 0.386. The smallest absolute Gasteiger partial charge is 0.330 e. The fourth-order valence-corrected chi connectivity index (χ4v) is 9.81. The summed E-state index contributed by atoms with van der Waals surface area (Å²) in [5.74, 6) is 1.26. The molecule has 3 N–H and O–H groups in total. The van der Waals surface area contributed by atoms with Crippen molar-refractivity contribution in [1.82, 2.24) is 19.1 Å². The summed E-state index contributed by atoms with van der Waals surface area (Å²) in [6.07, 6.45) is -3.32. The van der Waals surface area contributed by atoms with Crippen LogP contribution in [-0.2, 0) is 45.2 Å². The number of aromatic amines is 2. The number of rotatable bonds is 18. The zero-order valence-corrected chi connectivity index (χ0v) is 37.1. The van der Waals surface area contributed by atoms with Crippen molar-refractivity contribution in [3.8, 4) is 17.6 Å². The topological polar surface area (TPSA) is 228 Å². The van der Waals surface area contributed by atoms with Gasteiger partial charge in [-0.05, 0) is 66.6 Å². The van der Waals surface area contributed by atoms with Crippen LogP contribution in [-0.4, -0.2) is 82.7 Å². The van der Waals surface area contributed by atoms with Crippen molar-refractivity contribution < 1.29 is 42.4 Å². The van der Waals surface area contributed by atoms with Crippen molar-refractivity contribution in [2.45, 2.75) is 75.6 Å². The SMILES string of the molecule is COc1ccc(C(OC[C@H]2O[C@@H](n3cc(C)c(=O)[nH]c3=O)C[C@@H]2OP(=S)(OCCC#N)OC[C@H]2O[C@@H](n3cc(C)c(=O)[nH]c3=O)C[C@@H]2O)(c2ccccc2)c2ccc(OC)cc2)cc1. The predicted molar refractivity (Wildman–Crippen MR) is 235 cm³/mol. The van der Waals surface area contributed by atoms with E-state index in [1.54, 1.807) is 21.1 Å². The van der Waals surface area contributed by atoms with Gasteiger partial charge in [0, 0.05) is 36.4 Å². The number of ether oxygens (including phenoxy) is 5. The number of aryl methyl sites for hydroxylation is 2. The van der Waals surface area contributed by atoms with Gasteiger partial charge in [-0.2, -0.15) is 5.26 Å². The van der Waals surface area contributed by atoms with E-state index in [1.165, 1.54) is 28.5 Å². The molecule has 4 heterocycles.